The fraction of sp³-hybridized carbons (Fsp3) is 0.0800. The summed E-state index contributed by atoms with van der Waals surface area (Å²) >= 11 is 3.38. The van der Waals surface area contributed by atoms with E-state index in [-0.39, 0.29) is 23.8 Å². The molecule has 0 spiro atoms. The first-order valence-electron chi connectivity index (χ1n) is 10.4. The number of urea groups is 1. The van der Waals surface area contributed by atoms with Crippen molar-refractivity contribution in [3.8, 4) is 5.75 Å². The van der Waals surface area contributed by atoms with Crippen LogP contribution >= 0.6 is 15.9 Å². The second kappa shape index (κ2) is 10.5. The number of halogens is 3. The molecule has 178 valence electrons. The number of carbonyl (C=O) groups excluding carboxylic acids is 3. The van der Waals surface area contributed by atoms with E-state index in [9.17, 15) is 23.2 Å². The van der Waals surface area contributed by atoms with Gasteiger partial charge in [0.05, 0.1) is 10.2 Å². The third kappa shape index (κ3) is 5.72. The largest absolute Gasteiger partial charge is 0.488 e. The Balaban J connectivity index is 1.41. The van der Waals surface area contributed by atoms with Crippen LogP contribution in [0, 0.1) is 11.6 Å². The number of hydrogen-bond acceptors (Lipinski definition) is 4. The maximum atomic E-state index is 13.8. The standard InChI is InChI=1S/C25H18BrF2N3O4/c26-17-11-15(9-10-22(17)35-14-16-5-1-2-6-18(16)27)12-21-24(33)31(25(34)30-21)13-23(32)29-20-8-4-3-7-19(20)28/h1-12H,13-14H2,(H,29,32)(H,30,34)/b21-12+. The molecule has 0 aliphatic carbocycles. The summed E-state index contributed by atoms with van der Waals surface area (Å²) in [5, 5.41) is 4.76. The smallest absolute Gasteiger partial charge is 0.329 e. The number of hydrogen-bond donors (Lipinski definition) is 2. The molecule has 1 aliphatic heterocycles. The Hall–Kier alpha value is -4.05. The van der Waals surface area contributed by atoms with Crippen molar-refractivity contribution >= 4 is 45.5 Å². The average molecular weight is 542 g/mol. The molecule has 4 amide bonds. The molecule has 10 heteroatoms. The Morgan fingerprint density at radius 1 is 1.03 bits per heavy atom. The summed E-state index contributed by atoms with van der Waals surface area (Å²) in [6.07, 6.45) is 1.44. The predicted octanol–water partition coefficient (Wildman–Crippen LogP) is 4.84. The van der Waals surface area contributed by atoms with Gasteiger partial charge in [0, 0.05) is 5.56 Å². The van der Waals surface area contributed by atoms with E-state index in [1.165, 1.54) is 30.3 Å². The number of ether oxygens (including phenoxy) is 1. The number of imide groups is 1. The van der Waals surface area contributed by atoms with Gasteiger partial charge in [-0.2, -0.15) is 0 Å². The Morgan fingerprint density at radius 3 is 2.46 bits per heavy atom. The molecule has 3 aromatic rings. The first-order chi connectivity index (χ1) is 16.8. The summed E-state index contributed by atoms with van der Waals surface area (Å²) in [5.74, 6) is -1.96. The zero-order chi connectivity index (χ0) is 24.9. The molecule has 0 radical (unpaired) electrons. The molecule has 1 aliphatic rings. The monoisotopic (exact) mass is 541 g/mol. The van der Waals surface area contributed by atoms with Crippen LogP contribution in [0.3, 0.4) is 0 Å². The second-order valence-electron chi connectivity index (χ2n) is 7.48. The number of nitrogens with zero attached hydrogens (tertiary/aromatic N) is 1. The highest BCUT2D eigenvalue weighted by Gasteiger charge is 2.35. The van der Waals surface area contributed by atoms with Crippen molar-refractivity contribution in [3.05, 3.63) is 99.7 Å². The molecule has 35 heavy (non-hydrogen) atoms. The van der Waals surface area contributed by atoms with Crippen LogP contribution in [0.25, 0.3) is 6.08 Å². The van der Waals surface area contributed by atoms with E-state index in [4.69, 9.17) is 4.74 Å². The predicted molar refractivity (Wildman–Crippen MR) is 128 cm³/mol. The van der Waals surface area contributed by atoms with Gasteiger partial charge in [-0.05, 0) is 57.9 Å². The molecule has 1 saturated heterocycles. The molecule has 4 rings (SSSR count). The maximum Gasteiger partial charge on any atom is 0.329 e. The van der Waals surface area contributed by atoms with Crippen LogP contribution in [0.5, 0.6) is 5.75 Å². The van der Waals surface area contributed by atoms with E-state index in [0.717, 1.165) is 4.90 Å². The lowest BCUT2D eigenvalue weighted by Gasteiger charge is -2.12. The highest BCUT2D eigenvalue weighted by Crippen LogP contribution is 2.28. The molecule has 0 unspecified atom stereocenters. The number of rotatable bonds is 7. The van der Waals surface area contributed by atoms with Crippen molar-refractivity contribution in [2.75, 3.05) is 11.9 Å². The third-order valence-electron chi connectivity index (χ3n) is 5.02. The van der Waals surface area contributed by atoms with Crippen LogP contribution in [-0.2, 0) is 16.2 Å². The van der Waals surface area contributed by atoms with E-state index in [2.05, 4.69) is 26.6 Å². The van der Waals surface area contributed by atoms with Gasteiger partial charge in [-0.1, -0.05) is 36.4 Å². The van der Waals surface area contributed by atoms with E-state index in [1.54, 1.807) is 42.5 Å². The van der Waals surface area contributed by atoms with Gasteiger partial charge >= 0.3 is 6.03 Å². The van der Waals surface area contributed by atoms with Gasteiger partial charge in [-0.25, -0.2) is 18.5 Å². The minimum absolute atomic E-state index is 0.0272. The number of para-hydroxylation sites is 1. The summed E-state index contributed by atoms with van der Waals surface area (Å²) in [6.45, 7) is -0.549. The maximum absolute atomic E-state index is 13.8. The lowest BCUT2D eigenvalue weighted by atomic mass is 10.2. The topological polar surface area (TPSA) is 87.7 Å². The fourth-order valence-electron chi connectivity index (χ4n) is 3.27. The summed E-state index contributed by atoms with van der Waals surface area (Å²) in [4.78, 5) is 37.9. The van der Waals surface area contributed by atoms with Crippen LogP contribution in [-0.4, -0.2) is 29.3 Å². The van der Waals surface area contributed by atoms with Gasteiger partial charge in [0.1, 0.15) is 36.2 Å². The molecule has 1 heterocycles. The summed E-state index contributed by atoms with van der Waals surface area (Å²) in [7, 11) is 0. The van der Waals surface area contributed by atoms with Crippen LogP contribution in [0.2, 0.25) is 0 Å². The summed E-state index contributed by atoms with van der Waals surface area (Å²) < 4.78 is 33.7. The highest BCUT2D eigenvalue weighted by atomic mass is 79.9. The molecular weight excluding hydrogens is 524 g/mol. The van der Waals surface area contributed by atoms with Crippen molar-refractivity contribution in [2.24, 2.45) is 0 Å². The van der Waals surface area contributed by atoms with Gasteiger partial charge < -0.3 is 15.4 Å². The van der Waals surface area contributed by atoms with Gasteiger partial charge in [-0.15, -0.1) is 0 Å². The minimum Gasteiger partial charge on any atom is -0.488 e. The Kier molecular flexibility index (Phi) is 7.21. The number of anilines is 1. The van der Waals surface area contributed by atoms with E-state index in [1.807, 2.05) is 0 Å². The molecule has 2 N–H and O–H groups in total. The Morgan fingerprint density at radius 2 is 1.74 bits per heavy atom. The lowest BCUT2D eigenvalue weighted by molar-refractivity contribution is -0.127. The molecular formula is C25H18BrF2N3O4. The normalized spacial score (nSPS) is 14.3. The second-order valence-corrected chi connectivity index (χ2v) is 8.33. The van der Waals surface area contributed by atoms with E-state index >= 15 is 0 Å². The SMILES string of the molecule is O=C(CN1C(=O)N/C(=C/c2ccc(OCc3ccccc3F)c(Br)c2)C1=O)Nc1ccccc1F. The van der Waals surface area contributed by atoms with Crippen molar-refractivity contribution in [1.29, 1.82) is 0 Å². The van der Waals surface area contributed by atoms with E-state index < -0.39 is 30.2 Å². The van der Waals surface area contributed by atoms with Gasteiger partial charge in [0.25, 0.3) is 5.91 Å². The third-order valence-corrected chi connectivity index (χ3v) is 5.64. The quantitative estimate of drug-likeness (QED) is 0.331. The molecule has 7 nitrogen and oxygen atoms in total. The zero-order valence-corrected chi connectivity index (χ0v) is 19.6. The first kappa shape index (κ1) is 24.1. The molecule has 0 aromatic heterocycles. The van der Waals surface area contributed by atoms with Crippen LogP contribution < -0.4 is 15.4 Å². The van der Waals surface area contributed by atoms with Crippen molar-refractivity contribution in [2.45, 2.75) is 6.61 Å². The Bertz CT molecular complexity index is 1350. The average Bonchev–Trinajstić information content (AvgIpc) is 3.08. The van der Waals surface area contributed by atoms with Gasteiger partial charge in [0.2, 0.25) is 5.91 Å². The molecule has 3 aromatic carbocycles. The van der Waals surface area contributed by atoms with Crippen LogP contribution in [0.4, 0.5) is 19.3 Å². The number of nitrogens with one attached hydrogen (secondary N) is 2. The van der Waals surface area contributed by atoms with Crippen LogP contribution in [0.1, 0.15) is 11.1 Å². The Labute approximate surface area is 207 Å². The molecule has 0 bridgehead atoms. The van der Waals surface area contributed by atoms with Crippen molar-refractivity contribution < 1.29 is 27.9 Å². The van der Waals surface area contributed by atoms with Crippen molar-refractivity contribution in [1.82, 2.24) is 10.2 Å². The molecule has 1 fully saturated rings. The zero-order valence-electron chi connectivity index (χ0n) is 18.1. The molecule has 0 saturated carbocycles. The fourth-order valence-corrected chi connectivity index (χ4v) is 3.78. The number of carbonyl (C=O) groups is 3. The van der Waals surface area contributed by atoms with E-state index in [0.29, 0.717) is 21.3 Å². The minimum atomic E-state index is -0.770. The number of amides is 4. The van der Waals surface area contributed by atoms with Crippen LogP contribution in [0.15, 0.2) is 76.9 Å². The molecule has 0 atom stereocenters. The van der Waals surface area contributed by atoms with Gasteiger partial charge in [0.15, 0.2) is 0 Å². The summed E-state index contributed by atoms with van der Waals surface area (Å²) in [5.41, 5.74) is 0.892. The van der Waals surface area contributed by atoms with Gasteiger partial charge in [-0.3, -0.25) is 9.59 Å². The first-order valence-corrected chi connectivity index (χ1v) is 11.2. The highest BCUT2D eigenvalue weighted by molar-refractivity contribution is 9.10. The van der Waals surface area contributed by atoms with Crippen molar-refractivity contribution in [3.63, 3.8) is 0 Å². The number of benzene rings is 3. The summed E-state index contributed by atoms with van der Waals surface area (Å²) in [6, 6.07) is 16.0. The lowest BCUT2D eigenvalue weighted by Crippen LogP contribution is -2.38.